The van der Waals surface area contributed by atoms with Crippen LogP contribution < -0.4 is 4.72 Å². The Morgan fingerprint density at radius 1 is 1.30 bits per heavy atom. The van der Waals surface area contributed by atoms with E-state index >= 15 is 0 Å². The van der Waals surface area contributed by atoms with Gasteiger partial charge < -0.3 is 0 Å². The number of nitrogens with zero attached hydrogens (tertiary/aromatic N) is 2. The standard InChI is InChI=1S/C14H16ClF2N3O2S/c1-9-14(15)10(2)20(19-9)7-3-6-18-23(21,22)13-8-11(16)4-5-12(13)17/h4-5,8,18H,3,6-7H2,1-2H3. The molecular weight excluding hydrogens is 348 g/mol. The van der Waals surface area contributed by atoms with Crippen LogP contribution >= 0.6 is 11.6 Å². The molecule has 1 N–H and O–H groups in total. The van der Waals surface area contributed by atoms with Gasteiger partial charge in [-0.3, -0.25) is 4.68 Å². The van der Waals surface area contributed by atoms with Crippen LogP contribution in [0.5, 0.6) is 0 Å². The first kappa shape index (κ1) is 17.8. The predicted octanol–water partition coefficient (Wildman–Crippen LogP) is 2.80. The number of aromatic nitrogens is 2. The fourth-order valence-corrected chi connectivity index (χ4v) is 3.39. The lowest BCUT2D eigenvalue weighted by Gasteiger charge is -2.08. The molecule has 0 radical (unpaired) electrons. The highest BCUT2D eigenvalue weighted by Gasteiger charge is 2.19. The number of rotatable bonds is 6. The first-order chi connectivity index (χ1) is 10.7. The molecule has 23 heavy (non-hydrogen) atoms. The van der Waals surface area contributed by atoms with Crippen LogP contribution in [0, 0.1) is 25.5 Å². The Bertz CT molecular complexity index is 822. The van der Waals surface area contributed by atoms with Gasteiger partial charge in [0.1, 0.15) is 16.5 Å². The predicted molar refractivity (Wildman–Crippen MR) is 82.9 cm³/mol. The van der Waals surface area contributed by atoms with E-state index in [-0.39, 0.29) is 6.54 Å². The molecule has 1 heterocycles. The first-order valence-electron chi connectivity index (χ1n) is 6.86. The number of aryl methyl sites for hydroxylation is 2. The van der Waals surface area contributed by atoms with Crippen LogP contribution in [0.3, 0.4) is 0 Å². The zero-order valence-corrected chi connectivity index (χ0v) is 14.2. The summed E-state index contributed by atoms with van der Waals surface area (Å²) in [4.78, 5) is -0.702. The molecule has 5 nitrogen and oxygen atoms in total. The van der Waals surface area contributed by atoms with Gasteiger partial charge in [0.2, 0.25) is 10.0 Å². The number of halogens is 3. The van der Waals surface area contributed by atoms with Gasteiger partial charge in [0.25, 0.3) is 0 Å². The lowest BCUT2D eigenvalue weighted by molar-refractivity contribution is 0.531. The van der Waals surface area contributed by atoms with E-state index in [9.17, 15) is 17.2 Å². The number of nitrogens with one attached hydrogen (secondary N) is 1. The van der Waals surface area contributed by atoms with E-state index in [1.807, 2.05) is 6.92 Å². The monoisotopic (exact) mass is 363 g/mol. The van der Waals surface area contributed by atoms with Crippen molar-refractivity contribution in [3.63, 3.8) is 0 Å². The number of benzene rings is 1. The largest absolute Gasteiger partial charge is 0.268 e. The molecule has 0 spiro atoms. The summed E-state index contributed by atoms with van der Waals surface area (Å²) < 4.78 is 54.5. The Balaban J connectivity index is 1.97. The van der Waals surface area contributed by atoms with Gasteiger partial charge in [-0.1, -0.05) is 11.6 Å². The van der Waals surface area contributed by atoms with Crippen molar-refractivity contribution in [2.75, 3.05) is 6.54 Å². The second-order valence-electron chi connectivity index (χ2n) is 5.03. The molecule has 0 unspecified atom stereocenters. The Morgan fingerprint density at radius 2 is 2.00 bits per heavy atom. The topological polar surface area (TPSA) is 64.0 Å². The molecule has 0 atom stereocenters. The van der Waals surface area contributed by atoms with Gasteiger partial charge in [0.05, 0.1) is 16.4 Å². The molecule has 0 aliphatic carbocycles. The minimum atomic E-state index is -4.10. The van der Waals surface area contributed by atoms with Crippen LogP contribution in [0.4, 0.5) is 8.78 Å². The average Bonchev–Trinajstić information content (AvgIpc) is 2.73. The van der Waals surface area contributed by atoms with Crippen molar-refractivity contribution in [3.05, 3.63) is 46.2 Å². The molecule has 0 aliphatic rings. The van der Waals surface area contributed by atoms with E-state index in [0.29, 0.717) is 29.7 Å². The van der Waals surface area contributed by atoms with Crippen molar-refractivity contribution in [2.45, 2.75) is 31.7 Å². The SMILES string of the molecule is Cc1nn(CCCNS(=O)(=O)c2cc(F)ccc2F)c(C)c1Cl. The fourth-order valence-electron chi connectivity index (χ4n) is 2.09. The first-order valence-corrected chi connectivity index (χ1v) is 8.72. The number of hydrogen-bond donors (Lipinski definition) is 1. The minimum absolute atomic E-state index is 0.0637. The van der Waals surface area contributed by atoms with Gasteiger partial charge in [0, 0.05) is 13.1 Å². The van der Waals surface area contributed by atoms with Crippen LogP contribution in [0.25, 0.3) is 0 Å². The molecule has 2 aromatic rings. The van der Waals surface area contributed by atoms with E-state index < -0.39 is 26.6 Å². The molecule has 0 fully saturated rings. The number of hydrogen-bond acceptors (Lipinski definition) is 3. The summed E-state index contributed by atoms with van der Waals surface area (Å²) in [5, 5.41) is 4.80. The van der Waals surface area contributed by atoms with Crippen molar-refractivity contribution in [1.82, 2.24) is 14.5 Å². The average molecular weight is 364 g/mol. The highest BCUT2D eigenvalue weighted by Crippen LogP contribution is 2.19. The van der Waals surface area contributed by atoms with Gasteiger partial charge in [-0.15, -0.1) is 0 Å². The number of sulfonamides is 1. The second-order valence-corrected chi connectivity index (χ2v) is 7.15. The van der Waals surface area contributed by atoms with Crippen molar-refractivity contribution in [3.8, 4) is 0 Å². The molecule has 0 amide bonds. The minimum Gasteiger partial charge on any atom is -0.268 e. The molecule has 0 bridgehead atoms. The summed E-state index contributed by atoms with van der Waals surface area (Å²) in [5.74, 6) is -1.81. The van der Waals surface area contributed by atoms with Crippen LogP contribution in [-0.4, -0.2) is 24.7 Å². The van der Waals surface area contributed by atoms with Gasteiger partial charge >= 0.3 is 0 Å². The van der Waals surface area contributed by atoms with Crippen LogP contribution in [0.15, 0.2) is 23.1 Å². The van der Waals surface area contributed by atoms with Crippen LogP contribution in [0.1, 0.15) is 17.8 Å². The zero-order chi connectivity index (χ0) is 17.2. The molecule has 1 aromatic carbocycles. The summed E-state index contributed by atoms with van der Waals surface area (Å²) in [6, 6.07) is 2.29. The highest BCUT2D eigenvalue weighted by molar-refractivity contribution is 7.89. The van der Waals surface area contributed by atoms with Gasteiger partial charge in [-0.25, -0.2) is 21.9 Å². The molecule has 0 saturated heterocycles. The van der Waals surface area contributed by atoms with Gasteiger partial charge in [-0.2, -0.15) is 5.10 Å². The fraction of sp³-hybridized carbons (Fsp3) is 0.357. The van der Waals surface area contributed by atoms with E-state index in [4.69, 9.17) is 11.6 Å². The molecule has 9 heteroatoms. The molecule has 126 valence electrons. The second kappa shape index (κ2) is 6.94. The summed E-state index contributed by atoms with van der Waals surface area (Å²) >= 11 is 6.02. The van der Waals surface area contributed by atoms with Crippen LogP contribution in [0.2, 0.25) is 5.02 Å². The zero-order valence-electron chi connectivity index (χ0n) is 12.6. The highest BCUT2D eigenvalue weighted by atomic mass is 35.5. The van der Waals surface area contributed by atoms with E-state index in [1.165, 1.54) is 0 Å². The molecular formula is C14H16ClF2N3O2S. The summed E-state index contributed by atoms with van der Waals surface area (Å²) in [7, 11) is -4.10. The van der Waals surface area contributed by atoms with Crippen LogP contribution in [-0.2, 0) is 16.6 Å². The summed E-state index contributed by atoms with van der Waals surface area (Å²) in [6.45, 7) is 4.11. The van der Waals surface area contributed by atoms with Crippen molar-refractivity contribution >= 4 is 21.6 Å². The third-order valence-electron chi connectivity index (χ3n) is 3.31. The van der Waals surface area contributed by atoms with Crippen molar-refractivity contribution in [2.24, 2.45) is 0 Å². The summed E-state index contributed by atoms with van der Waals surface area (Å²) in [6.07, 6.45) is 0.425. The maximum atomic E-state index is 13.5. The Morgan fingerprint density at radius 3 is 2.61 bits per heavy atom. The third kappa shape index (κ3) is 4.07. The molecule has 1 aromatic heterocycles. The maximum Gasteiger partial charge on any atom is 0.243 e. The van der Waals surface area contributed by atoms with Gasteiger partial charge in [-0.05, 0) is 38.5 Å². The van der Waals surface area contributed by atoms with Crippen molar-refractivity contribution in [1.29, 1.82) is 0 Å². The normalized spacial score (nSPS) is 11.9. The van der Waals surface area contributed by atoms with E-state index in [1.54, 1.807) is 11.6 Å². The lowest BCUT2D eigenvalue weighted by atomic mass is 10.3. The lowest BCUT2D eigenvalue weighted by Crippen LogP contribution is -2.26. The van der Waals surface area contributed by atoms with Crippen molar-refractivity contribution < 1.29 is 17.2 Å². The third-order valence-corrected chi connectivity index (χ3v) is 5.34. The van der Waals surface area contributed by atoms with Gasteiger partial charge in [0.15, 0.2) is 0 Å². The van der Waals surface area contributed by atoms with E-state index in [2.05, 4.69) is 9.82 Å². The molecule has 0 saturated carbocycles. The molecule has 0 aliphatic heterocycles. The Labute approximate surface area is 138 Å². The Hall–Kier alpha value is -1.51. The quantitative estimate of drug-likeness (QED) is 0.803. The Kier molecular flexibility index (Phi) is 5.38. The maximum absolute atomic E-state index is 13.5. The van der Waals surface area contributed by atoms with E-state index in [0.717, 1.165) is 17.8 Å². The smallest absolute Gasteiger partial charge is 0.243 e. The molecule has 2 rings (SSSR count). The summed E-state index contributed by atoms with van der Waals surface area (Å²) in [5.41, 5.74) is 1.50.